The molecule has 2 aromatic heterocycles. The van der Waals surface area contributed by atoms with Crippen molar-refractivity contribution in [1.29, 1.82) is 0 Å². The molecule has 0 unspecified atom stereocenters. The fourth-order valence-corrected chi connectivity index (χ4v) is 4.28. The van der Waals surface area contributed by atoms with E-state index in [9.17, 15) is 13.6 Å². The van der Waals surface area contributed by atoms with Crippen LogP contribution in [0.5, 0.6) is 0 Å². The first-order valence-electron chi connectivity index (χ1n) is 9.75. The first-order chi connectivity index (χ1) is 14.3. The second-order valence-corrected chi connectivity index (χ2v) is 8.88. The molecule has 4 rings (SSSR count). The number of halogens is 2. The molecule has 1 aromatic carbocycles. The summed E-state index contributed by atoms with van der Waals surface area (Å²) in [5, 5.41) is 13.5. The van der Waals surface area contributed by atoms with E-state index in [4.69, 9.17) is 0 Å². The van der Waals surface area contributed by atoms with Gasteiger partial charge in [0.1, 0.15) is 10.0 Å². The maximum atomic E-state index is 13.2. The van der Waals surface area contributed by atoms with Crippen LogP contribution in [0.15, 0.2) is 24.4 Å². The van der Waals surface area contributed by atoms with E-state index in [1.54, 1.807) is 11.1 Å². The van der Waals surface area contributed by atoms with E-state index >= 15 is 0 Å². The van der Waals surface area contributed by atoms with Crippen LogP contribution in [0.25, 0.3) is 21.5 Å². The average Bonchev–Trinajstić information content (AvgIpc) is 3.13. The molecule has 30 heavy (non-hydrogen) atoms. The average molecular weight is 433 g/mol. The maximum absolute atomic E-state index is 13.2. The van der Waals surface area contributed by atoms with E-state index in [1.165, 1.54) is 11.3 Å². The number of rotatable bonds is 5. The molecule has 3 aromatic rings. The summed E-state index contributed by atoms with van der Waals surface area (Å²) in [5.41, 5.74) is 1.61. The number of nitrogens with zero attached hydrogens (tertiary/aromatic N) is 5. The fraction of sp³-hybridized carbons (Fsp3) is 0.450. The number of carbonyl (C=O) groups excluding carboxylic acids is 1. The van der Waals surface area contributed by atoms with Gasteiger partial charge >= 0.3 is 0 Å². The predicted molar refractivity (Wildman–Crippen MR) is 112 cm³/mol. The van der Waals surface area contributed by atoms with Gasteiger partial charge in [0.15, 0.2) is 0 Å². The summed E-state index contributed by atoms with van der Waals surface area (Å²) >= 11 is 1.50. The van der Waals surface area contributed by atoms with Crippen molar-refractivity contribution in [3.8, 4) is 10.6 Å². The van der Waals surface area contributed by atoms with Crippen molar-refractivity contribution in [2.24, 2.45) is 5.92 Å². The van der Waals surface area contributed by atoms with Crippen LogP contribution in [0.4, 0.5) is 14.7 Å². The maximum Gasteiger partial charge on any atom is 0.257 e. The zero-order valence-corrected chi connectivity index (χ0v) is 17.5. The second kappa shape index (κ2) is 8.27. The van der Waals surface area contributed by atoms with E-state index in [1.807, 2.05) is 25.1 Å². The summed E-state index contributed by atoms with van der Waals surface area (Å²) in [4.78, 5) is 23.0. The molecule has 1 aliphatic heterocycles. The van der Waals surface area contributed by atoms with Gasteiger partial charge in [0.2, 0.25) is 11.9 Å². The molecule has 7 nitrogen and oxygen atoms in total. The Bertz CT molecular complexity index is 1060. The Morgan fingerprint density at radius 3 is 2.73 bits per heavy atom. The molecule has 158 valence electrons. The minimum absolute atomic E-state index is 0.173. The van der Waals surface area contributed by atoms with E-state index in [0.717, 1.165) is 27.9 Å². The minimum Gasteiger partial charge on any atom is -0.297 e. The lowest BCUT2D eigenvalue weighted by atomic mass is 9.96. The molecule has 0 radical (unpaired) electrons. The number of hydrogen-bond donors (Lipinski definition) is 1. The lowest BCUT2D eigenvalue weighted by Gasteiger charge is -2.32. The van der Waals surface area contributed by atoms with Gasteiger partial charge in [-0.2, -0.15) is 0 Å². The number of alkyl halides is 2. The zero-order chi connectivity index (χ0) is 21.3. The first-order valence-corrected chi connectivity index (χ1v) is 10.6. The number of piperidine rings is 1. The van der Waals surface area contributed by atoms with Crippen molar-refractivity contribution in [3.05, 3.63) is 29.4 Å². The smallest absolute Gasteiger partial charge is 0.257 e. The monoisotopic (exact) mass is 432 g/mol. The van der Waals surface area contributed by atoms with Gasteiger partial charge in [-0.3, -0.25) is 15.0 Å². The SMILES string of the molecule is Cc1nnc(-c2ccc3cnc(NC(=O)C4CCN(CC(C)(F)F)CC4)nc3c2)s1. The summed E-state index contributed by atoms with van der Waals surface area (Å²) in [6.07, 6.45) is 2.74. The number of anilines is 1. The quantitative estimate of drug-likeness (QED) is 0.661. The van der Waals surface area contributed by atoms with E-state index < -0.39 is 5.92 Å². The van der Waals surface area contributed by atoms with Crippen molar-refractivity contribution in [2.45, 2.75) is 32.6 Å². The van der Waals surface area contributed by atoms with Crippen LogP contribution in [-0.2, 0) is 4.79 Å². The van der Waals surface area contributed by atoms with Crippen molar-refractivity contribution >= 4 is 34.1 Å². The minimum atomic E-state index is -2.72. The molecule has 1 aliphatic rings. The summed E-state index contributed by atoms with van der Waals surface area (Å²) < 4.78 is 26.3. The standard InChI is InChI=1S/C20H22F2N6OS/c1-12-26-27-18(30-12)14-3-4-15-10-23-19(24-16(15)9-14)25-17(29)13-5-7-28(8-6-13)11-20(2,21)22/h3-4,9-10,13H,5-8,11H2,1-2H3,(H,23,24,25,29). The third-order valence-electron chi connectivity index (χ3n) is 5.05. The number of carbonyl (C=O) groups is 1. The van der Waals surface area contributed by atoms with Gasteiger partial charge in [0, 0.05) is 30.0 Å². The number of aromatic nitrogens is 4. The van der Waals surface area contributed by atoms with Crippen molar-refractivity contribution in [3.63, 3.8) is 0 Å². The molecule has 0 atom stereocenters. The number of amides is 1. The Labute approximate surface area is 176 Å². The number of nitrogens with one attached hydrogen (secondary N) is 1. The molecular formula is C20H22F2N6OS. The molecule has 3 heterocycles. The highest BCUT2D eigenvalue weighted by Gasteiger charge is 2.30. The van der Waals surface area contributed by atoms with E-state index in [-0.39, 0.29) is 24.3 Å². The van der Waals surface area contributed by atoms with Crippen LogP contribution in [-0.4, -0.2) is 56.5 Å². The summed E-state index contributed by atoms with van der Waals surface area (Å²) in [6, 6.07) is 5.75. The lowest BCUT2D eigenvalue weighted by molar-refractivity contribution is -0.121. The van der Waals surface area contributed by atoms with Gasteiger partial charge in [-0.15, -0.1) is 10.2 Å². The molecule has 1 N–H and O–H groups in total. The Balaban J connectivity index is 1.43. The van der Waals surface area contributed by atoms with Gasteiger partial charge in [0.25, 0.3) is 5.92 Å². The molecule has 0 aliphatic carbocycles. The predicted octanol–water partition coefficient (Wildman–Crippen LogP) is 3.76. The van der Waals surface area contributed by atoms with Crippen LogP contribution in [0.3, 0.4) is 0 Å². The topological polar surface area (TPSA) is 83.9 Å². The molecule has 1 fully saturated rings. The number of aryl methyl sites for hydroxylation is 1. The Kier molecular flexibility index (Phi) is 5.70. The largest absolute Gasteiger partial charge is 0.297 e. The highest BCUT2D eigenvalue weighted by molar-refractivity contribution is 7.14. The van der Waals surface area contributed by atoms with Gasteiger partial charge in [-0.25, -0.2) is 18.7 Å². The second-order valence-electron chi connectivity index (χ2n) is 7.70. The van der Waals surface area contributed by atoms with Gasteiger partial charge < -0.3 is 0 Å². The lowest BCUT2D eigenvalue weighted by Crippen LogP contribution is -2.42. The molecule has 0 spiro atoms. The molecule has 1 saturated heterocycles. The highest BCUT2D eigenvalue weighted by atomic mass is 32.1. The summed E-state index contributed by atoms with van der Waals surface area (Å²) in [5.74, 6) is -2.89. The van der Waals surface area contributed by atoms with Crippen molar-refractivity contribution < 1.29 is 13.6 Å². The first kappa shape index (κ1) is 20.7. The fourth-order valence-electron chi connectivity index (χ4n) is 3.59. The van der Waals surface area contributed by atoms with Gasteiger partial charge in [-0.05, 0) is 38.9 Å². The molecule has 10 heteroatoms. The number of fused-ring (bicyclic) bond motifs is 1. The third kappa shape index (κ3) is 4.93. The van der Waals surface area contributed by atoms with Crippen molar-refractivity contribution in [2.75, 3.05) is 25.0 Å². The van der Waals surface area contributed by atoms with Gasteiger partial charge in [0.05, 0.1) is 12.1 Å². The van der Waals surface area contributed by atoms with Gasteiger partial charge in [-0.1, -0.05) is 23.5 Å². The third-order valence-corrected chi connectivity index (χ3v) is 5.94. The summed E-state index contributed by atoms with van der Waals surface area (Å²) in [6.45, 7) is 3.50. The Morgan fingerprint density at radius 2 is 2.07 bits per heavy atom. The van der Waals surface area contributed by atoms with Crippen LogP contribution in [0.2, 0.25) is 0 Å². The Morgan fingerprint density at radius 1 is 1.30 bits per heavy atom. The summed E-state index contributed by atoms with van der Waals surface area (Å²) in [7, 11) is 0. The molecular weight excluding hydrogens is 410 g/mol. The van der Waals surface area contributed by atoms with Crippen LogP contribution >= 0.6 is 11.3 Å². The van der Waals surface area contributed by atoms with Crippen LogP contribution in [0.1, 0.15) is 24.8 Å². The zero-order valence-electron chi connectivity index (χ0n) is 16.7. The van der Waals surface area contributed by atoms with Crippen LogP contribution < -0.4 is 5.32 Å². The highest BCUT2D eigenvalue weighted by Crippen LogP contribution is 2.27. The van der Waals surface area contributed by atoms with Crippen molar-refractivity contribution in [1.82, 2.24) is 25.1 Å². The number of benzene rings is 1. The number of likely N-dealkylation sites (tertiary alicyclic amines) is 1. The molecule has 1 amide bonds. The number of hydrogen-bond acceptors (Lipinski definition) is 7. The van der Waals surface area contributed by atoms with E-state index in [2.05, 4.69) is 25.5 Å². The van der Waals surface area contributed by atoms with Crippen LogP contribution in [0, 0.1) is 12.8 Å². The Hall–Kier alpha value is -2.59. The van der Waals surface area contributed by atoms with E-state index in [0.29, 0.717) is 31.4 Å². The molecule has 0 saturated carbocycles. The normalized spacial score (nSPS) is 16.1. The molecule has 0 bridgehead atoms.